The Morgan fingerprint density at radius 3 is 2.56 bits per heavy atom. The predicted octanol–water partition coefficient (Wildman–Crippen LogP) is 1.90. The van der Waals surface area contributed by atoms with E-state index in [9.17, 15) is 0 Å². The minimum atomic E-state index is 0.450. The van der Waals surface area contributed by atoms with Crippen LogP contribution in [0, 0.1) is 5.92 Å². The lowest BCUT2D eigenvalue weighted by Gasteiger charge is -2.28. The van der Waals surface area contributed by atoms with Crippen LogP contribution < -0.4 is 5.73 Å². The second kappa shape index (κ2) is 3.02. The van der Waals surface area contributed by atoms with E-state index in [1.54, 1.807) is 0 Å². The Morgan fingerprint density at radius 2 is 2.11 bits per heavy atom. The van der Waals surface area contributed by atoms with Gasteiger partial charge in [-0.15, -0.1) is 0 Å². The van der Waals surface area contributed by atoms with Crippen molar-refractivity contribution in [1.29, 1.82) is 0 Å². The quantitative estimate of drug-likeness (QED) is 0.583. The summed E-state index contributed by atoms with van der Waals surface area (Å²) in [7, 11) is 0. The van der Waals surface area contributed by atoms with Gasteiger partial charge >= 0.3 is 0 Å². The number of rotatable bonds is 0. The van der Waals surface area contributed by atoms with Crippen LogP contribution in [0.3, 0.4) is 0 Å². The Kier molecular flexibility index (Phi) is 2.53. The highest BCUT2D eigenvalue weighted by atomic mass is 79.9. The first kappa shape index (κ1) is 7.55. The van der Waals surface area contributed by atoms with Crippen LogP contribution >= 0.6 is 15.9 Å². The lowest BCUT2D eigenvalue weighted by atomic mass is 9.88. The number of hydrogen-bond acceptors (Lipinski definition) is 1. The molecule has 0 radical (unpaired) electrons. The van der Waals surface area contributed by atoms with Crippen molar-refractivity contribution in [2.24, 2.45) is 11.7 Å². The number of halogens is 1. The first-order valence-electron chi connectivity index (χ1n) is 3.60. The minimum Gasteiger partial charge on any atom is -0.328 e. The largest absolute Gasteiger partial charge is 0.328 e. The molecule has 2 N–H and O–H groups in total. The van der Waals surface area contributed by atoms with Crippen LogP contribution in [0.1, 0.15) is 26.2 Å². The van der Waals surface area contributed by atoms with Crippen molar-refractivity contribution in [2.45, 2.75) is 37.1 Å². The van der Waals surface area contributed by atoms with Crippen LogP contribution in [0.4, 0.5) is 0 Å². The van der Waals surface area contributed by atoms with E-state index in [1.807, 2.05) is 0 Å². The molecule has 0 aliphatic heterocycles. The number of nitrogens with two attached hydrogens (primary N) is 1. The second-order valence-corrected chi connectivity index (χ2v) is 4.24. The molecule has 1 fully saturated rings. The van der Waals surface area contributed by atoms with Gasteiger partial charge in [-0.1, -0.05) is 22.9 Å². The fraction of sp³-hybridized carbons (Fsp3) is 1.00. The van der Waals surface area contributed by atoms with E-state index in [1.165, 1.54) is 12.8 Å². The van der Waals surface area contributed by atoms with E-state index in [-0.39, 0.29) is 0 Å². The van der Waals surface area contributed by atoms with Gasteiger partial charge in [-0.25, -0.2) is 0 Å². The normalized spacial score (nSPS) is 45.0. The standard InChI is InChI=1S/C7H14BrN/c1-5-2-3-6(9)4-7(5)8/h5-7H,2-4,9H2,1H3. The lowest BCUT2D eigenvalue weighted by Crippen LogP contribution is -2.32. The fourth-order valence-electron chi connectivity index (χ4n) is 1.30. The Hall–Kier alpha value is 0.440. The fourth-order valence-corrected chi connectivity index (χ4v) is 2.04. The molecule has 3 atom stereocenters. The zero-order valence-electron chi connectivity index (χ0n) is 5.81. The van der Waals surface area contributed by atoms with Gasteiger partial charge in [0, 0.05) is 10.9 Å². The summed E-state index contributed by atoms with van der Waals surface area (Å²) in [6.07, 6.45) is 3.65. The molecule has 54 valence electrons. The van der Waals surface area contributed by atoms with E-state index < -0.39 is 0 Å². The number of hydrogen-bond donors (Lipinski definition) is 1. The van der Waals surface area contributed by atoms with Gasteiger partial charge in [0.2, 0.25) is 0 Å². The molecular formula is C7H14BrN. The summed E-state index contributed by atoms with van der Waals surface area (Å²) in [5.74, 6) is 0.824. The highest BCUT2D eigenvalue weighted by Gasteiger charge is 2.22. The summed E-state index contributed by atoms with van der Waals surface area (Å²) in [6.45, 7) is 2.28. The maximum atomic E-state index is 5.76. The highest BCUT2D eigenvalue weighted by Crippen LogP contribution is 2.28. The third-order valence-electron chi connectivity index (χ3n) is 2.14. The Morgan fingerprint density at radius 1 is 1.44 bits per heavy atom. The molecule has 1 aliphatic rings. The zero-order valence-corrected chi connectivity index (χ0v) is 7.39. The molecule has 0 amide bonds. The SMILES string of the molecule is CC1CCC(N)CC1Br. The molecular weight excluding hydrogens is 178 g/mol. The topological polar surface area (TPSA) is 26.0 Å². The van der Waals surface area contributed by atoms with Gasteiger partial charge in [-0.3, -0.25) is 0 Å². The molecule has 0 saturated heterocycles. The molecule has 0 spiro atoms. The molecule has 0 bridgehead atoms. The smallest absolute Gasteiger partial charge is 0.0186 e. The Bertz CT molecular complexity index is 94.9. The predicted molar refractivity (Wildman–Crippen MR) is 43.7 cm³/mol. The molecule has 0 aromatic carbocycles. The highest BCUT2D eigenvalue weighted by molar-refractivity contribution is 9.09. The van der Waals surface area contributed by atoms with Crippen molar-refractivity contribution < 1.29 is 0 Å². The summed E-state index contributed by atoms with van der Waals surface area (Å²) in [5.41, 5.74) is 5.76. The van der Waals surface area contributed by atoms with Crippen LogP contribution in [0.15, 0.2) is 0 Å². The van der Waals surface area contributed by atoms with E-state index in [0.717, 1.165) is 12.3 Å². The van der Waals surface area contributed by atoms with Crippen molar-refractivity contribution in [3.63, 3.8) is 0 Å². The van der Waals surface area contributed by atoms with Gasteiger partial charge < -0.3 is 5.73 Å². The van der Waals surface area contributed by atoms with Crippen molar-refractivity contribution in [3.05, 3.63) is 0 Å². The van der Waals surface area contributed by atoms with Gasteiger partial charge in [-0.2, -0.15) is 0 Å². The number of alkyl halides is 1. The molecule has 1 aliphatic carbocycles. The lowest BCUT2D eigenvalue weighted by molar-refractivity contribution is 0.363. The van der Waals surface area contributed by atoms with Crippen LogP contribution in [0.25, 0.3) is 0 Å². The third kappa shape index (κ3) is 1.94. The summed E-state index contributed by atoms with van der Waals surface area (Å²) in [4.78, 5) is 0.668. The molecule has 3 unspecified atom stereocenters. The Labute approximate surface area is 65.1 Å². The summed E-state index contributed by atoms with van der Waals surface area (Å²) < 4.78 is 0. The van der Waals surface area contributed by atoms with Crippen molar-refractivity contribution in [1.82, 2.24) is 0 Å². The summed E-state index contributed by atoms with van der Waals surface area (Å²) in [6, 6.07) is 0.450. The van der Waals surface area contributed by atoms with Crippen LogP contribution in [-0.4, -0.2) is 10.9 Å². The third-order valence-corrected chi connectivity index (χ3v) is 3.41. The van der Waals surface area contributed by atoms with E-state index in [0.29, 0.717) is 10.9 Å². The monoisotopic (exact) mass is 191 g/mol. The first-order valence-corrected chi connectivity index (χ1v) is 4.51. The molecule has 9 heavy (non-hydrogen) atoms. The average Bonchev–Trinajstić information content (AvgIpc) is 1.80. The van der Waals surface area contributed by atoms with E-state index in [4.69, 9.17) is 5.73 Å². The minimum absolute atomic E-state index is 0.450. The maximum Gasteiger partial charge on any atom is 0.0186 e. The molecule has 1 saturated carbocycles. The van der Waals surface area contributed by atoms with E-state index >= 15 is 0 Å². The van der Waals surface area contributed by atoms with Crippen LogP contribution in [0.2, 0.25) is 0 Å². The van der Waals surface area contributed by atoms with Crippen LogP contribution in [-0.2, 0) is 0 Å². The van der Waals surface area contributed by atoms with E-state index in [2.05, 4.69) is 22.9 Å². The van der Waals surface area contributed by atoms with Gasteiger partial charge in [0.25, 0.3) is 0 Å². The molecule has 0 heterocycles. The first-order chi connectivity index (χ1) is 4.20. The summed E-state index contributed by atoms with van der Waals surface area (Å²) in [5, 5.41) is 0. The summed E-state index contributed by atoms with van der Waals surface area (Å²) >= 11 is 3.61. The molecule has 0 aromatic rings. The van der Waals surface area contributed by atoms with Gasteiger partial charge in [0.15, 0.2) is 0 Å². The molecule has 1 rings (SSSR count). The van der Waals surface area contributed by atoms with Gasteiger partial charge in [-0.05, 0) is 25.2 Å². The molecule has 2 heteroatoms. The van der Waals surface area contributed by atoms with Gasteiger partial charge in [0.1, 0.15) is 0 Å². The molecule has 1 nitrogen and oxygen atoms in total. The van der Waals surface area contributed by atoms with Crippen molar-refractivity contribution >= 4 is 15.9 Å². The van der Waals surface area contributed by atoms with Gasteiger partial charge in [0.05, 0.1) is 0 Å². The van der Waals surface area contributed by atoms with Crippen molar-refractivity contribution in [3.8, 4) is 0 Å². The Balaban J connectivity index is 2.35. The maximum absolute atomic E-state index is 5.76. The van der Waals surface area contributed by atoms with Crippen molar-refractivity contribution in [2.75, 3.05) is 0 Å². The molecule has 0 aromatic heterocycles. The average molecular weight is 192 g/mol. The van der Waals surface area contributed by atoms with Crippen LogP contribution in [0.5, 0.6) is 0 Å². The zero-order chi connectivity index (χ0) is 6.85. The second-order valence-electron chi connectivity index (χ2n) is 3.07.